The molecule has 1 saturated heterocycles. The SMILES string of the molecule is c1ccc(CNC2OC[C@@H](OCc3ccccc3)[C@H](OCc3ccccc3)[C@H]2OCc2ccccc2)cc1. The van der Waals surface area contributed by atoms with Crippen LogP contribution in [0.1, 0.15) is 22.3 Å². The van der Waals surface area contributed by atoms with Gasteiger partial charge in [0.15, 0.2) is 0 Å². The Balaban J connectivity index is 1.35. The molecule has 0 spiro atoms. The smallest absolute Gasteiger partial charge is 0.137 e. The van der Waals surface area contributed by atoms with Gasteiger partial charge in [0, 0.05) is 6.54 Å². The Hall–Kier alpha value is -3.32. The van der Waals surface area contributed by atoms with Crippen LogP contribution in [0.3, 0.4) is 0 Å². The molecule has 38 heavy (non-hydrogen) atoms. The van der Waals surface area contributed by atoms with Crippen LogP contribution in [0.2, 0.25) is 0 Å². The summed E-state index contributed by atoms with van der Waals surface area (Å²) in [5, 5.41) is 3.56. The van der Waals surface area contributed by atoms with E-state index in [0.717, 1.165) is 16.7 Å². The van der Waals surface area contributed by atoms with Gasteiger partial charge in [0.2, 0.25) is 0 Å². The molecule has 1 unspecified atom stereocenters. The van der Waals surface area contributed by atoms with Crippen molar-refractivity contribution in [1.29, 1.82) is 0 Å². The summed E-state index contributed by atoms with van der Waals surface area (Å²) in [5.74, 6) is 0. The monoisotopic (exact) mass is 509 g/mol. The van der Waals surface area contributed by atoms with Crippen LogP contribution < -0.4 is 5.32 Å². The zero-order valence-electron chi connectivity index (χ0n) is 21.5. The van der Waals surface area contributed by atoms with E-state index in [1.165, 1.54) is 5.56 Å². The van der Waals surface area contributed by atoms with Gasteiger partial charge in [-0.15, -0.1) is 0 Å². The van der Waals surface area contributed by atoms with E-state index in [4.69, 9.17) is 18.9 Å². The van der Waals surface area contributed by atoms with E-state index in [2.05, 4.69) is 53.8 Å². The normalized spacial score (nSPS) is 21.3. The highest BCUT2D eigenvalue weighted by Crippen LogP contribution is 2.26. The fourth-order valence-electron chi connectivity index (χ4n) is 4.60. The first-order valence-corrected chi connectivity index (χ1v) is 13.2. The molecule has 1 heterocycles. The summed E-state index contributed by atoms with van der Waals surface area (Å²) in [4.78, 5) is 0. The van der Waals surface area contributed by atoms with Crippen LogP contribution in [0.4, 0.5) is 0 Å². The first-order valence-electron chi connectivity index (χ1n) is 13.2. The fourth-order valence-corrected chi connectivity index (χ4v) is 4.60. The van der Waals surface area contributed by atoms with Crippen molar-refractivity contribution in [3.05, 3.63) is 144 Å². The molecule has 1 fully saturated rings. The number of hydrogen-bond acceptors (Lipinski definition) is 5. The van der Waals surface area contributed by atoms with Gasteiger partial charge in [-0.1, -0.05) is 121 Å². The molecule has 4 aromatic rings. The van der Waals surface area contributed by atoms with Gasteiger partial charge in [0.1, 0.15) is 24.5 Å². The Morgan fingerprint density at radius 1 is 0.526 bits per heavy atom. The summed E-state index contributed by atoms with van der Waals surface area (Å²) in [6, 6.07) is 40.9. The van der Waals surface area contributed by atoms with E-state index in [-0.39, 0.29) is 24.5 Å². The molecule has 5 heteroatoms. The van der Waals surface area contributed by atoms with Crippen LogP contribution in [0.25, 0.3) is 0 Å². The van der Waals surface area contributed by atoms with Crippen LogP contribution in [0.5, 0.6) is 0 Å². The van der Waals surface area contributed by atoms with Gasteiger partial charge in [0.05, 0.1) is 26.4 Å². The first-order chi connectivity index (χ1) is 18.8. The topological polar surface area (TPSA) is 49.0 Å². The van der Waals surface area contributed by atoms with Crippen molar-refractivity contribution in [2.45, 2.75) is 50.9 Å². The third kappa shape index (κ3) is 7.60. The van der Waals surface area contributed by atoms with Crippen LogP contribution >= 0.6 is 0 Å². The Morgan fingerprint density at radius 3 is 1.45 bits per heavy atom. The molecule has 196 valence electrons. The summed E-state index contributed by atoms with van der Waals surface area (Å²) >= 11 is 0. The van der Waals surface area contributed by atoms with Gasteiger partial charge >= 0.3 is 0 Å². The summed E-state index contributed by atoms with van der Waals surface area (Å²) in [6.45, 7) is 2.47. The van der Waals surface area contributed by atoms with Crippen molar-refractivity contribution >= 4 is 0 Å². The third-order valence-corrected chi connectivity index (χ3v) is 6.66. The summed E-state index contributed by atoms with van der Waals surface area (Å²) in [7, 11) is 0. The molecule has 0 amide bonds. The number of nitrogens with one attached hydrogen (secondary N) is 1. The van der Waals surface area contributed by atoms with Crippen LogP contribution in [-0.4, -0.2) is 31.1 Å². The van der Waals surface area contributed by atoms with Gasteiger partial charge in [0.25, 0.3) is 0 Å². The van der Waals surface area contributed by atoms with Gasteiger partial charge in [-0.2, -0.15) is 0 Å². The Labute approximate surface area is 225 Å². The predicted molar refractivity (Wildman–Crippen MR) is 148 cm³/mol. The quantitative estimate of drug-likeness (QED) is 0.258. The largest absolute Gasteiger partial charge is 0.368 e. The maximum absolute atomic E-state index is 6.58. The molecule has 4 atom stereocenters. The van der Waals surface area contributed by atoms with Crippen LogP contribution in [0, 0.1) is 0 Å². The van der Waals surface area contributed by atoms with Crippen LogP contribution in [-0.2, 0) is 45.3 Å². The first kappa shape index (κ1) is 26.3. The Morgan fingerprint density at radius 2 is 0.947 bits per heavy atom. The van der Waals surface area contributed by atoms with Crippen molar-refractivity contribution in [2.24, 2.45) is 0 Å². The van der Waals surface area contributed by atoms with E-state index in [9.17, 15) is 0 Å². The van der Waals surface area contributed by atoms with E-state index < -0.39 is 0 Å². The molecule has 4 aromatic carbocycles. The number of rotatable bonds is 12. The van der Waals surface area contributed by atoms with Gasteiger partial charge in [-0.05, 0) is 22.3 Å². The Kier molecular flexibility index (Phi) is 9.69. The van der Waals surface area contributed by atoms with Crippen molar-refractivity contribution < 1.29 is 18.9 Å². The summed E-state index contributed by atoms with van der Waals surface area (Å²) in [5.41, 5.74) is 4.50. The lowest BCUT2D eigenvalue weighted by atomic mass is 10.0. The molecule has 1 aliphatic rings. The molecular formula is C33H35NO4. The van der Waals surface area contributed by atoms with Gasteiger partial charge in [-0.25, -0.2) is 0 Å². The minimum atomic E-state index is -0.378. The van der Waals surface area contributed by atoms with E-state index >= 15 is 0 Å². The van der Waals surface area contributed by atoms with Crippen molar-refractivity contribution in [2.75, 3.05) is 6.61 Å². The average Bonchev–Trinajstić information content (AvgIpc) is 2.99. The zero-order valence-corrected chi connectivity index (χ0v) is 21.5. The lowest BCUT2D eigenvalue weighted by Crippen LogP contribution is -2.60. The second-order valence-corrected chi connectivity index (χ2v) is 9.48. The van der Waals surface area contributed by atoms with E-state index in [1.807, 2.05) is 72.8 Å². The van der Waals surface area contributed by atoms with Crippen molar-refractivity contribution in [3.8, 4) is 0 Å². The molecule has 0 bridgehead atoms. The molecule has 0 radical (unpaired) electrons. The number of ether oxygens (including phenoxy) is 4. The highest BCUT2D eigenvalue weighted by molar-refractivity contribution is 5.16. The molecule has 0 aromatic heterocycles. The zero-order chi connectivity index (χ0) is 25.8. The minimum Gasteiger partial charge on any atom is -0.368 e. The minimum absolute atomic E-state index is 0.283. The molecule has 5 rings (SSSR count). The van der Waals surface area contributed by atoms with Crippen LogP contribution in [0.15, 0.2) is 121 Å². The molecule has 5 nitrogen and oxygen atoms in total. The van der Waals surface area contributed by atoms with Gasteiger partial charge in [-0.3, -0.25) is 5.32 Å². The molecule has 0 aliphatic carbocycles. The highest BCUT2D eigenvalue weighted by atomic mass is 16.6. The highest BCUT2D eigenvalue weighted by Gasteiger charge is 2.43. The molecule has 1 aliphatic heterocycles. The predicted octanol–water partition coefficient (Wildman–Crippen LogP) is 5.89. The number of hydrogen-bond donors (Lipinski definition) is 1. The standard InChI is InChI=1S/C33H35NO4/c1-5-13-26(14-6-1)21-34-33-32(37-24-29-19-11-4-12-20-29)31(36-23-28-17-9-3-10-18-28)30(25-38-33)35-22-27-15-7-2-8-16-27/h1-20,30-34H,21-25H2/t30-,31+,32-,33?/m1/s1. The fraction of sp³-hybridized carbons (Fsp3) is 0.273. The van der Waals surface area contributed by atoms with Crippen molar-refractivity contribution in [1.82, 2.24) is 5.32 Å². The third-order valence-electron chi connectivity index (χ3n) is 6.66. The second kappa shape index (κ2) is 14.0. The maximum Gasteiger partial charge on any atom is 0.137 e. The number of benzene rings is 4. The average molecular weight is 510 g/mol. The molecular weight excluding hydrogens is 474 g/mol. The van der Waals surface area contributed by atoms with E-state index in [1.54, 1.807) is 0 Å². The van der Waals surface area contributed by atoms with Gasteiger partial charge < -0.3 is 18.9 Å². The summed E-state index contributed by atoms with van der Waals surface area (Å²) < 4.78 is 25.9. The summed E-state index contributed by atoms with van der Waals surface area (Å²) in [6.07, 6.45) is -1.34. The molecule has 0 saturated carbocycles. The lowest BCUT2D eigenvalue weighted by Gasteiger charge is -2.42. The molecule has 1 N–H and O–H groups in total. The maximum atomic E-state index is 6.58. The van der Waals surface area contributed by atoms with Crippen molar-refractivity contribution in [3.63, 3.8) is 0 Å². The van der Waals surface area contributed by atoms with E-state index in [0.29, 0.717) is 33.0 Å². The lowest BCUT2D eigenvalue weighted by molar-refractivity contribution is -0.244. The Bertz CT molecular complexity index is 1090. The second-order valence-electron chi connectivity index (χ2n) is 9.48.